The fourth-order valence-electron chi connectivity index (χ4n) is 1.28. The second-order valence-corrected chi connectivity index (χ2v) is 3.69. The zero-order valence-electron chi connectivity index (χ0n) is 8.83. The van der Waals surface area contributed by atoms with E-state index in [9.17, 15) is 0 Å². The summed E-state index contributed by atoms with van der Waals surface area (Å²) in [5.74, 6) is 0.605. The average Bonchev–Trinajstić information content (AvgIpc) is 2.21. The lowest BCUT2D eigenvalue weighted by atomic mass is 10.2. The molecule has 0 fully saturated rings. The molecule has 0 heterocycles. The molecule has 0 amide bonds. The lowest BCUT2D eigenvalue weighted by molar-refractivity contribution is 0.983. The van der Waals surface area contributed by atoms with Crippen molar-refractivity contribution in [2.75, 3.05) is 0 Å². The largest absolute Gasteiger partial charge is 0.387 e. The first-order valence-electron chi connectivity index (χ1n) is 4.99. The van der Waals surface area contributed by atoms with Crippen molar-refractivity contribution in [1.29, 1.82) is 0 Å². The minimum Gasteiger partial charge on any atom is -0.387 e. The fraction of sp³-hybridized carbons (Fsp3) is 0.364. The Hall–Kier alpha value is -1.06. The molecule has 0 aliphatic rings. The van der Waals surface area contributed by atoms with Crippen LogP contribution in [0.15, 0.2) is 23.2 Å². The SMILES string of the molecule is CCCC(N)=Nc1cccc(CN)c1Cl. The van der Waals surface area contributed by atoms with Crippen LogP contribution in [0.5, 0.6) is 0 Å². The highest BCUT2D eigenvalue weighted by molar-refractivity contribution is 6.33. The van der Waals surface area contributed by atoms with E-state index >= 15 is 0 Å². The Morgan fingerprint density at radius 2 is 2.20 bits per heavy atom. The van der Waals surface area contributed by atoms with Crippen molar-refractivity contribution >= 4 is 23.1 Å². The van der Waals surface area contributed by atoms with Crippen molar-refractivity contribution in [1.82, 2.24) is 0 Å². The summed E-state index contributed by atoms with van der Waals surface area (Å²) in [5.41, 5.74) is 12.9. The summed E-state index contributed by atoms with van der Waals surface area (Å²) in [6.45, 7) is 2.47. The summed E-state index contributed by atoms with van der Waals surface area (Å²) in [6, 6.07) is 5.60. The Labute approximate surface area is 95.1 Å². The molecule has 0 bridgehead atoms. The Morgan fingerprint density at radius 3 is 2.80 bits per heavy atom. The normalized spacial score (nSPS) is 11.8. The van der Waals surface area contributed by atoms with Gasteiger partial charge in [-0.1, -0.05) is 30.7 Å². The molecule has 0 radical (unpaired) electrons. The minimum absolute atomic E-state index is 0.413. The van der Waals surface area contributed by atoms with Gasteiger partial charge in [-0.3, -0.25) is 0 Å². The first-order chi connectivity index (χ1) is 7.19. The quantitative estimate of drug-likeness (QED) is 0.611. The summed E-state index contributed by atoms with van der Waals surface area (Å²) in [6.07, 6.45) is 1.76. The monoisotopic (exact) mass is 225 g/mol. The predicted molar refractivity (Wildman–Crippen MR) is 65.5 cm³/mol. The van der Waals surface area contributed by atoms with E-state index in [0.29, 0.717) is 23.1 Å². The smallest absolute Gasteiger partial charge is 0.0996 e. The van der Waals surface area contributed by atoms with Gasteiger partial charge in [-0.05, 0) is 18.1 Å². The molecule has 15 heavy (non-hydrogen) atoms. The molecule has 0 atom stereocenters. The molecule has 1 aromatic rings. The number of benzene rings is 1. The first kappa shape index (κ1) is 12.0. The molecule has 0 unspecified atom stereocenters. The summed E-state index contributed by atoms with van der Waals surface area (Å²) in [4.78, 5) is 4.26. The maximum atomic E-state index is 6.11. The number of hydrogen-bond donors (Lipinski definition) is 2. The molecule has 0 aromatic heterocycles. The van der Waals surface area contributed by atoms with Crippen LogP contribution >= 0.6 is 11.6 Å². The Balaban J connectivity index is 2.99. The third kappa shape index (κ3) is 3.22. The van der Waals surface area contributed by atoms with Crippen molar-refractivity contribution < 1.29 is 0 Å². The van der Waals surface area contributed by atoms with Crippen LogP contribution < -0.4 is 11.5 Å². The topological polar surface area (TPSA) is 64.4 Å². The first-order valence-corrected chi connectivity index (χ1v) is 5.37. The molecule has 0 aliphatic carbocycles. The van der Waals surface area contributed by atoms with E-state index in [1.165, 1.54) is 0 Å². The van der Waals surface area contributed by atoms with E-state index in [-0.39, 0.29) is 0 Å². The van der Waals surface area contributed by atoms with Crippen molar-refractivity contribution in [3.8, 4) is 0 Å². The highest BCUT2D eigenvalue weighted by Gasteiger charge is 2.03. The van der Waals surface area contributed by atoms with E-state index in [1.54, 1.807) is 0 Å². The van der Waals surface area contributed by atoms with Gasteiger partial charge in [0.2, 0.25) is 0 Å². The van der Waals surface area contributed by atoms with Crippen molar-refractivity contribution in [2.24, 2.45) is 16.5 Å². The molecule has 3 nitrogen and oxygen atoms in total. The number of nitrogens with zero attached hydrogens (tertiary/aromatic N) is 1. The van der Waals surface area contributed by atoms with Crippen molar-refractivity contribution in [3.05, 3.63) is 28.8 Å². The van der Waals surface area contributed by atoms with Gasteiger partial charge in [0.15, 0.2) is 0 Å². The van der Waals surface area contributed by atoms with Crippen LogP contribution in [-0.4, -0.2) is 5.84 Å². The molecular formula is C11H16ClN3. The second kappa shape index (κ2) is 5.73. The van der Waals surface area contributed by atoms with Gasteiger partial charge < -0.3 is 11.5 Å². The Bertz CT molecular complexity index is 361. The second-order valence-electron chi connectivity index (χ2n) is 3.31. The molecule has 4 N–H and O–H groups in total. The van der Waals surface area contributed by atoms with Crippen LogP contribution in [0.2, 0.25) is 5.02 Å². The molecule has 0 saturated carbocycles. The predicted octanol–water partition coefficient (Wildman–Crippen LogP) is 2.59. The third-order valence-electron chi connectivity index (χ3n) is 2.05. The van der Waals surface area contributed by atoms with Crippen LogP contribution in [0.1, 0.15) is 25.3 Å². The van der Waals surface area contributed by atoms with Gasteiger partial charge in [-0.2, -0.15) is 0 Å². The third-order valence-corrected chi connectivity index (χ3v) is 2.48. The van der Waals surface area contributed by atoms with Crippen LogP contribution in [-0.2, 0) is 6.54 Å². The van der Waals surface area contributed by atoms with E-state index in [4.69, 9.17) is 23.1 Å². The van der Waals surface area contributed by atoms with E-state index in [1.807, 2.05) is 18.2 Å². The molecule has 1 aromatic carbocycles. The zero-order valence-corrected chi connectivity index (χ0v) is 9.59. The highest BCUT2D eigenvalue weighted by atomic mass is 35.5. The molecular weight excluding hydrogens is 210 g/mol. The van der Waals surface area contributed by atoms with Gasteiger partial charge >= 0.3 is 0 Å². The van der Waals surface area contributed by atoms with E-state index < -0.39 is 0 Å². The molecule has 0 spiro atoms. The minimum atomic E-state index is 0.413. The standard InChI is InChI=1S/C11H16ClN3/c1-2-4-10(14)15-9-6-3-5-8(7-13)11(9)12/h3,5-6H,2,4,7,13H2,1H3,(H2,14,15). The van der Waals surface area contributed by atoms with Gasteiger partial charge in [-0.15, -0.1) is 0 Å². The molecule has 1 rings (SSSR count). The average molecular weight is 226 g/mol. The van der Waals surface area contributed by atoms with Crippen molar-refractivity contribution in [2.45, 2.75) is 26.3 Å². The summed E-state index contributed by atoms with van der Waals surface area (Å²) < 4.78 is 0. The highest BCUT2D eigenvalue weighted by Crippen LogP contribution is 2.28. The van der Waals surface area contributed by atoms with Gasteiger partial charge in [0, 0.05) is 13.0 Å². The van der Waals surface area contributed by atoms with Crippen LogP contribution in [0.25, 0.3) is 0 Å². The number of nitrogens with two attached hydrogens (primary N) is 2. The van der Waals surface area contributed by atoms with Crippen LogP contribution in [0, 0.1) is 0 Å². The van der Waals surface area contributed by atoms with Gasteiger partial charge in [0.1, 0.15) is 0 Å². The molecule has 82 valence electrons. The maximum Gasteiger partial charge on any atom is 0.0996 e. The van der Waals surface area contributed by atoms with E-state index in [2.05, 4.69) is 11.9 Å². The summed E-state index contributed by atoms with van der Waals surface area (Å²) >= 11 is 6.11. The van der Waals surface area contributed by atoms with E-state index in [0.717, 1.165) is 18.4 Å². The summed E-state index contributed by atoms with van der Waals surface area (Å²) in [7, 11) is 0. The van der Waals surface area contributed by atoms with Crippen molar-refractivity contribution in [3.63, 3.8) is 0 Å². The van der Waals surface area contributed by atoms with Gasteiger partial charge in [0.05, 0.1) is 16.5 Å². The number of aliphatic imine (C=N–C) groups is 1. The lowest BCUT2D eigenvalue weighted by Gasteiger charge is -2.05. The lowest BCUT2D eigenvalue weighted by Crippen LogP contribution is -2.10. The maximum absolute atomic E-state index is 6.11. The van der Waals surface area contributed by atoms with Gasteiger partial charge in [-0.25, -0.2) is 4.99 Å². The fourth-order valence-corrected chi connectivity index (χ4v) is 1.52. The Morgan fingerprint density at radius 1 is 1.47 bits per heavy atom. The number of amidine groups is 1. The zero-order chi connectivity index (χ0) is 11.3. The summed E-state index contributed by atoms with van der Waals surface area (Å²) in [5, 5.41) is 0.596. The number of rotatable bonds is 4. The molecule has 4 heteroatoms. The molecule has 0 saturated heterocycles. The van der Waals surface area contributed by atoms with Crippen LogP contribution in [0.4, 0.5) is 5.69 Å². The Kier molecular flexibility index (Phi) is 4.59. The van der Waals surface area contributed by atoms with Crippen LogP contribution in [0.3, 0.4) is 0 Å². The number of hydrogen-bond acceptors (Lipinski definition) is 2. The molecule has 0 aliphatic heterocycles. The number of halogens is 1. The van der Waals surface area contributed by atoms with Gasteiger partial charge in [0.25, 0.3) is 0 Å².